The molecule has 1 heterocycles. The highest BCUT2D eigenvalue weighted by atomic mass is 19.1. The first-order chi connectivity index (χ1) is 14.3. The van der Waals surface area contributed by atoms with Crippen LogP contribution in [0.1, 0.15) is 34.6 Å². The fraction of sp³-hybridized carbons (Fsp3) is 0.190. The summed E-state index contributed by atoms with van der Waals surface area (Å²) in [6, 6.07) is 9.04. The lowest BCUT2D eigenvalue weighted by atomic mass is 10.0. The monoisotopic (exact) mass is 414 g/mol. The Labute approximate surface area is 170 Å². The van der Waals surface area contributed by atoms with Crippen molar-refractivity contribution in [3.05, 3.63) is 71.4 Å². The Bertz CT molecular complexity index is 1090. The molecule has 156 valence electrons. The van der Waals surface area contributed by atoms with Crippen molar-refractivity contribution >= 4 is 28.6 Å². The molecule has 0 unspecified atom stereocenters. The van der Waals surface area contributed by atoms with Crippen LogP contribution in [0.15, 0.2) is 48.7 Å². The Morgan fingerprint density at radius 1 is 0.900 bits per heavy atom. The molecule has 3 rings (SSSR count). The van der Waals surface area contributed by atoms with Crippen LogP contribution >= 0.6 is 0 Å². The molecule has 0 bridgehead atoms. The topological polar surface area (TPSA) is 103 Å². The molecule has 0 aliphatic heterocycles. The summed E-state index contributed by atoms with van der Waals surface area (Å²) >= 11 is 0. The van der Waals surface area contributed by atoms with E-state index in [0.717, 1.165) is 23.7 Å². The first-order valence-corrected chi connectivity index (χ1v) is 9.20. The van der Waals surface area contributed by atoms with Gasteiger partial charge >= 0.3 is 0 Å². The van der Waals surface area contributed by atoms with Gasteiger partial charge in [0.25, 0.3) is 17.7 Å². The highest BCUT2D eigenvalue weighted by Gasteiger charge is 2.27. The summed E-state index contributed by atoms with van der Waals surface area (Å²) in [5.74, 6) is -4.86. The molecule has 0 radical (unpaired) electrons. The van der Waals surface area contributed by atoms with Gasteiger partial charge in [0, 0.05) is 17.1 Å². The quantitative estimate of drug-likeness (QED) is 0.483. The number of aromatic amines is 1. The van der Waals surface area contributed by atoms with Gasteiger partial charge in [-0.05, 0) is 24.1 Å². The third kappa shape index (κ3) is 4.29. The average Bonchev–Trinajstić information content (AvgIpc) is 3.14. The van der Waals surface area contributed by atoms with E-state index < -0.39 is 46.9 Å². The van der Waals surface area contributed by atoms with E-state index in [1.165, 1.54) is 6.20 Å². The molecule has 7 nitrogen and oxygen atoms in total. The second-order valence-corrected chi connectivity index (χ2v) is 6.98. The van der Waals surface area contributed by atoms with Gasteiger partial charge in [0.05, 0.1) is 5.56 Å². The van der Waals surface area contributed by atoms with Gasteiger partial charge in [-0.15, -0.1) is 0 Å². The molecule has 1 atom stereocenters. The standard InChI is InChI=1S/C21H20F2N4O3/c1-11(2)18(25-20(29)17-14(22)7-5-8-15(17)23)21(30)27-26-19(28)13-10-24-16-9-4-3-6-12(13)16/h3-11,18,24H,1-2H3,(H,25,29)(H,26,28)(H,27,30)/t18-/m0/s1. The number of nitrogens with one attached hydrogen (secondary N) is 4. The summed E-state index contributed by atoms with van der Waals surface area (Å²) in [6.45, 7) is 3.29. The Kier molecular flexibility index (Phi) is 6.10. The van der Waals surface area contributed by atoms with Crippen LogP contribution in [-0.4, -0.2) is 28.7 Å². The molecule has 0 saturated heterocycles. The van der Waals surface area contributed by atoms with Gasteiger partial charge in [0.1, 0.15) is 23.2 Å². The van der Waals surface area contributed by atoms with Crippen LogP contribution in [0.25, 0.3) is 10.9 Å². The number of amides is 3. The van der Waals surface area contributed by atoms with E-state index in [1.54, 1.807) is 32.0 Å². The van der Waals surface area contributed by atoms with Crippen molar-refractivity contribution in [1.29, 1.82) is 0 Å². The summed E-state index contributed by atoms with van der Waals surface area (Å²) < 4.78 is 27.7. The zero-order chi connectivity index (χ0) is 21.8. The van der Waals surface area contributed by atoms with Gasteiger partial charge in [-0.1, -0.05) is 38.1 Å². The van der Waals surface area contributed by atoms with Crippen molar-refractivity contribution in [3.63, 3.8) is 0 Å². The van der Waals surface area contributed by atoms with Gasteiger partial charge in [-0.3, -0.25) is 25.2 Å². The van der Waals surface area contributed by atoms with Crippen LogP contribution < -0.4 is 16.2 Å². The number of hydrogen-bond donors (Lipinski definition) is 4. The van der Waals surface area contributed by atoms with E-state index in [-0.39, 0.29) is 0 Å². The highest BCUT2D eigenvalue weighted by Crippen LogP contribution is 2.17. The molecule has 0 spiro atoms. The van der Waals surface area contributed by atoms with Crippen LogP contribution in [0.5, 0.6) is 0 Å². The number of benzene rings is 2. The maximum atomic E-state index is 13.8. The zero-order valence-electron chi connectivity index (χ0n) is 16.3. The second-order valence-electron chi connectivity index (χ2n) is 6.98. The van der Waals surface area contributed by atoms with Gasteiger partial charge in [-0.25, -0.2) is 8.78 Å². The van der Waals surface area contributed by atoms with Gasteiger partial charge < -0.3 is 10.3 Å². The van der Waals surface area contributed by atoms with E-state index in [9.17, 15) is 23.2 Å². The van der Waals surface area contributed by atoms with Crippen molar-refractivity contribution < 1.29 is 23.2 Å². The third-order valence-electron chi connectivity index (χ3n) is 4.56. The fourth-order valence-corrected chi connectivity index (χ4v) is 2.99. The molecule has 0 saturated carbocycles. The molecule has 2 aromatic carbocycles. The van der Waals surface area contributed by atoms with Gasteiger partial charge in [0.2, 0.25) is 0 Å². The number of para-hydroxylation sites is 1. The van der Waals surface area contributed by atoms with Crippen LogP contribution in [0.2, 0.25) is 0 Å². The molecule has 3 amide bonds. The molecule has 4 N–H and O–H groups in total. The maximum absolute atomic E-state index is 13.8. The lowest BCUT2D eigenvalue weighted by Crippen LogP contribution is -2.54. The minimum Gasteiger partial charge on any atom is -0.360 e. The summed E-state index contributed by atoms with van der Waals surface area (Å²) in [5.41, 5.74) is 4.84. The van der Waals surface area contributed by atoms with E-state index in [0.29, 0.717) is 10.9 Å². The number of rotatable bonds is 5. The van der Waals surface area contributed by atoms with E-state index in [2.05, 4.69) is 21.2 Å². The van der Waals surface area contributed by atoms with E-state index >= 15 is 0 Å². The number of hydrazine groups is 1. The normalized spacial score (nSPS) is 11.9. The van der Waals surface area contributed by atoms with Crippen molar-refractivity contribution in [2.45, 2.75) is 19.9 Å². The average molecular weight is 414 g/mol. The predicted molar refractivity (Wildman–Crippen MR) is 106 cm³/mol. The van der Waals surface area contributed by atoms with Crippen molar-refractivity contribution in [2.24, 2.45) is 5.92 Å². The van der Waals surface area contributed by atoms with E-state index in [4.69, 9.17) is 0 Å². The number of hydrogen-bond acceptors (Lipinski definition) is 3. The predicted octanol–water partition coefficient (Wildman–Crippen LogP) is 2.66. The number of halogens is 2. The van der Waals surface area contributed by atoms with Gasteiger partial charge in [0.15, 0.2) is 0 Å². The van der Waals surface area contributed by atoms with Crippen LogP contribution in [-0.2, 0) is 4.79 Å². The fourth-order valence-electron chi connectivity index (χ4n) is 2.99. The largest absolute Gasteiger partial charge is 0.360 e. The Hall–Kier alpha value is -3.75. The molecule has 9 heteroatoms. The second kappa shape index (κ2) is 8.73. The summed E-state index contributed by atoms with van der Waals surface area (Å²) in [6.07, 6.45) is 1.51. The minimum atomic E-state index is -1.14. The molecule has 3 aromatic rings. The van der Waals surface area contributed by atoms with Crippen LogP contribution in [0, 0.1) is 17.6 Å². The Morgan fingerprint density at radius 3 is 2.23 bits per heavy atom. The number of carbonyl (C=O) groups is 3. The van der Waals surface area contributed by atoms with Crippen LogP contribution in [0.3, 0.4) is 0 Å². The molecular weight excluding hydrogens is 394 g/mol. The maximum Gasteiger partial charge on any atom is 0.271 e. The first-order valence-electron chi connectivity index (χ1n) is 9.20. The SMILES string of the molecule is CC(C)[C@H](NC(=O)c1c(F)cccc1F)C(=O)NNC(=O)c1c[nH]c2ccccc12. The summed E-state index contributed by atoms with van der Waals surface area (Å²) in [5, 5.41) is 2.99. The number of aromatic nitrogens is 1. The number of H-pyrrole nitrogens is 1. The summed E-state index contributed by atoms with van der Waals surface area (Å²) in [4.78, 5) is 40.2. The lowest BCUT2D eigenvalue weighted by Gasteiger charge is -2.22. The van der Waals surface area contributed by atoms with E-state index in [1.807, 2.05) is 6.07 Å². The molecule has 0 aliphatic carbocycles. The summed E-state index contributed by atoms with van der Waals surface area (Å²) in [7, 11) is 0. The highest BCUT2D eigenvalue weighted by molar-refractivity contribution is 6.07. The lowest BCUT2D eigenvalue weighted by molar-refractivity contribution is -0.124. The molecular formula is C21H20F2N4O3. The minimum absolute atomic E-state index is 0.324. The number of carbonyl (C=O) groups excluding carboxylic acids is 3. The first kappa shape index (κ1) is 21.0. The Balaban J connectivity index is 1.68. The van der Waals surface area contributed by atoms with Crippen LogP contribution in [0.4, 0.5) is 8.78 Å². The molecule has 1 aromatic heterocycles. The molecule has 0 fully saturated rings. The molecule has 30 heavy (non-hydrogen) atoms. The van der Waals surface area contributed by atoms with Gasteiger partial charge in [-0.2, -0.15) is 0 Å². The zero-order valence-corrected chi connectivity index (χ0v) is 16.3. The third-order valence-corrected chi connectivity index (χ3v) is 4.56. The number of fused-ring (bicyclic) bond motifs is 1. The Morgan fingerprint density at radius 2 is 1.57 bits per heavy atom. The van der Waals surface area contributed by atoms with Crippen molar-refractivity contribution in [2.75, 3.05) is 0 Å². The van der Waals surface area contributed by atoms with Crippen molar-refractivity contribution in [3.8, 4) is 0 Å². The van der Waals surface area contributed by atoms with Crippen molar-refractivity contribution in [1.82, 2.24) is 21.2 Å². The smallest absolute Gasteiger partial charge is 0.271 e. The molecule has 0 aliphatic rings.